The van der Waals surface area contributed by atoms with E-state index in [1.54, 1.807) is 24.3 Å². The van der Waals surface area contributed by atoms with E-state index in [-0.39, 0.29) is 22.1 Å². The predicted molar refractivity (Wildman–Crippen MR) is 156 cm³/mol. The molecule has 0 radical (unpaired) electrons. The highest BCUT2D eigenvalue weighted by Crippen LogP contribution is 2.57. The normalized spacial score (nSPS) is 27.1. The third-order valence-corrected chi connectivity index (χ3v) is 9.57. The van der Waals surface area contributed by atoms with Gasteiger partial charge in [0.25, 0.3) is 0 Å². The molecule has 2 N–H and O–H groups in total. The molecule has 4 nitrogen and oxygen atoms in total. The van der Waals surface area contributed by atoms with Crippen molar-refractivity contribution >= 4 is 40.6 Å². The molecule has 4 atom stereocenters. The van der Waals surface area contributed by atoms with E-state index in [0.717, 1.165) is 18.4 Å². The minimum absolute atomic E-state index is 0.0137. The highest BCUT2D eigenvalue weighted by Gasteiger charge is 2.65. The number of hydrogen-bond acceptors (Lipinski definition) is 3. The summed E-state index contributed by atoms with van der Waals surface area (Å²) >= 11 is 12.6. The van der Waals surface area contributed by atoms with E-state index in [2.05, 4.69) is 31.4 Å². The molecule has 2 aromatic carbocycles. The van der Waals surface area contributed by atoms with Gasteiger partial charge in [-0.1, -0.05) is 101 Å². The number of Topliss-reactive ketones (excluding diaryl/α,β-unsaturated/α-hetero) is 1. The Hall–Kier alpha value is -1.95. The smallest absolute Gasteiger partial charge is 0.237 e. The maximum absolute atomic E-state index is 15.8. The molecular formula is C32H39Cl2FN2O2. The molecule has 2 fully saturated rings. The van der Waals surface area contributed by atoms with Crippen molar-refractivity contribution in [3.05, 3.63) is 63.4 Å². The van der Waals surface area contributed by atoms with Crippen LogP contribution in [0.2, 0.25) is 10.0 Å². The van der Waals surface area contributed by atoms with E-state index in [1.807, 2.05) is 6.07 Å². The Morgan fingerprint density at radius 2 is 1.85 bits per heavy atom. The zero-order valence-corrected chi connectivity index (χ0v) is 24.6. The molecule has 0 aromatic heterocycles. The summed E-state index contributed by atoms with van der Waals surface area (Å²) in [6.45, 7) is 6.35. The maximum atomic E-state index is 15.8. The molecular weight excluding hydrogens is 534 g/mol. The van der Waals surface area contributed by atoms with Gasteiger partial charge in [0.1, 0.15) is 17.0 Å². The standard InChI is InChI=1S/C32H39Cl2FN2O2/c1-31(2,3)18-26-32(22-16-15-20(33)17-24(22)36-30(32)39)27(21-12-8-13-23(34)28(21)35)29(37-26)25(38)14-7-11-19-9-5-4-6-10-19/h8,12-13,15-17,19,26-27,29,37H,4-7,9-11,14,18H2,1-3H3,(H,36,39)/t26-,27+,29+,32+/m1/s1. The van der Waals surface area contributed by atoms with Gasteiger partial charge in [-0.15, -0.1) is 0 Å². The topological polar surface area (TPSA) is 58.2 Å². The van der Waals surface area contributed by atoms with Gasteiger partial charge in [0, 0.05) is 29.1 Å². The van der Waals surface area contributed by atoms with Gasteiger partial charge in [0.15, 0.2) is 0 Å². The number of fused-ring (bicyclic) bond motifs is 2. The summed E-state index contributed by atoms with van der Waals surface area (Å²) in [6, 6.07) is 9.14. The summed E-state index contributed by atoms with van der Waals surface area (Å²) in [5.41, 5.74) is 0.320. The highest BCUT2D eigenvalue weighted by molar-refractivity contribution is 6.31. The number of rotatable bonds is 7. The Balaban J connectivity index is 1.59. The average Bonchev–Trinajstić information content (AvgIpc) is 3.35. The van der Waals surface area contributed by atoms with E-state index < -0.39 is 29.2 Å². The van der Waals surface area contributed by atoms with Gasteiger partial charge in [0.2, 0.25) is 5.91 Å². The number of anilines is 1. The van der Waals surface area contributed by atoms with Gasteiger partial charge in [-0.25, -0.2) is 4.39 Å². The Morgan fingerprint density at radius 1 is 1.10 bits per heavy atom. The summed E-state index contributed by atoms with van der Waals surface area (Å²) in [5.74, 6) is -0.851. The zero-order chi connectivity index (χ0) is 27.9. The van der Waals surface area contributed by atoms with E-state index >= 15 is 4.39 Å². The van der Waals surface area contributed by atoms with Crippen molar-refractivity contribution in [3.8, 4) is 0 Å². The van der Waals surface area contributed by atoms with Crippen LogP contribution in [0.25, 0.3) is 0 Å². The van der Waals surface area contributed by atoms with Crippen LogP contribution in [-0.4, -0.2) is 23.8 Å². The van der Waals surface area contributed by atoms with Crippen LogP contribution in [0.15, 0.2) is 36.4 Å². The van der Waals surface area contributed by atoms with Gasteiger partial charge in [0.05, 0.1) is 11.1 Å². The Morgan fingerprint density at radius 3 is 2.56 bits per heavy atom. The lowest BCUT2D eigenvalue weighted by molar-refractivity contribution is -0.122. The van der Waals surface area contributed by atoms with Crippen LogP contribution >= 0.6 is 23.2 Å². The molecule has 0 unspecified atom stereocenters. The van der Waals surface area contributed by atoms with E-state index in [9.17, 15) is 9.59 Å². The van der Waals surface area contributed by atoms with Gasteiger partial charge in [-0.05, 0) is 53.5 Å². The second-order valence-electron chi connectivity index (χ2n) is 13.0. The number of amides is 1. The zero-order valence-electron chi connectivity index (χ0n) is 23.1. The van der Waals surface area contributed by atoms with Crippen LogP contribution in [0, 0.1) is 17.2 Å². The molecule has 2 heterocycles. The molecule has 3 aliphatic rings. The van der Waals surface area contributed by atoms with E-state index in [0.29, 0.717) is 35.0 Å². The monoisotopic (exact) mass is 572 g/mol. The molecule has 210 valence electrons. The van der Waals surface area contributed by atoms with Crippen LogP contribution in [0.3, 0.4) is 0 Å². The fraction of sp³-hybridized carbons (Fsp3) is 0.562. The number of halogens is 3. The Labute approximate surface area is 241 Å². The van der Waals surface area contributed by atoms with Gasteiger partial charge in [-0.3, -0.25) is 9.59 Å². The first kappa shape index (κ1) is 28.6. The van der Waals surface area contributed by atoms with Crippen molar-refractivity contribution < 1.29 is 14.0 Å². The number of carbonyl (C=O) groups excluding carboxylic acids is 2. The van der Waals surface area contributed by atoms with Crippen LogP contribution in [0.5, 0.6) is 0 Å². The summed E-state index contributed by atoms with van der Waals surface area (Å²) < 4.78 is 15.8. The molecule has 1 saturated carbocycles. The lowest BCUT2D eigenvalue weighted by atomic mass is 9.62. The van der Waals surface area contributed by atoms with Crippen LogP contribution in [0.4, 0.5) is 10.1 Å². The molecule has 7 heteroatoms. The third-order valence-electron chi connectivity index (χ3n) is 9.05. The second-order valence-corrected chi connectivity index (χ2v) is 13.8. The number of ketones is 1. The van der Waals surface area contributed by atoms with E-state index in [4.69, 9.17) is 23.2 Å². The SMILES string of the molecule is CC(C)(C)C[C@H]1N[C@@H](C(=O)CCCC2CCCCC2)[C@H](c2cccc(Cl)c2F)[C@@]12C(=O)Nc1cc(Cl)ccc12. The average molecular weight is 574 g/mol. The van der Waals surface area contributed by atoms with Gasteiger partial charge in [-0.2, -0.15) is 0 Å². The van der Waals surface area contributed by atoms with Crippen molar-refractivity contribution in [1.29, 1.82) is 0 Å². The molecule has 2 aliphatic heterocycles. The molecule has 1 saturated heterocycles. The fourth-order valence-electron chi connectivity index (χ4n) is 7.40. The molecule has 2 aromatic rings. The van der Waals surface area contributed by atoms with Crippen molar-refractivity contribution in [3.63, 3.8) is 0 Å². The van der Waals surface area contributed by atoms with Crippen LogP contribution in [0.1, 0.15) is 95.6 Å². The Kier molecular flexibility index (Phi) is 8.16. The molecule has 5 rings (SSSR count). The minimum atomic E-state index is -1.19. The van der Waals surface area contributed by atoms with Crippen LogP contribution in [-0.2, 0) is 15.0 Å². The first-order valence-electron chi connectivity index (χ1n) is 14.4. The molecule has 1 spiro atoms. The summed E-state index contributed by atoms with van der Waals surface area (Å²) in [6.07, 6.45) is 9.19. The minimum Gasteiger partial charge on any atom is -0.325 e. The van der Waals surface area contributed by atoms with Crippen molar-refractivity contribution in [2.24, 2.45) is 11.3 Å². The van der Waals surface area contributed by atoms with Crippen molar-refractivity contribution in [1.82, 2.24) is 5.32 Å². The Bertz CT molecular complexity index is 1250. The predicted octanol–water partition coefficient (Wildman–Crippen LogP) is 8.20. The second kappa shape index (κ2) is 11.1. The first-order valence-corrected chi connectivity index (χ1v) is 15.1. The number of carbonyl (C=O) groups is 2. The lowest BCUT2D eigenvalue weighted by Gasteiger charge is -2.37. The lowest BCUT2D eigenvalue weighted by Crippen LogP contribution is -2.49. The quantitative estimate of drug-likeness (QED) is 0.351. The van der Waals surface area contributed by atoms with Crippen LogP contribution < -0.4 is 10.6 Å². The summed E-state index contributed by atoms with van der Waals surface area (Å²) in [4.78, 5) is 28.2. The number of hydrogen-bond donors (Lipinski definition) is 2. The maximum Gasteiger partial charge on any atom is 0.237 e. The number of benzene rings is 2. The molecule has 0 bridgehead atoms. The third kappa shape index (κ3) is 5.39. The summed E-state index contributed by atoms with van der Waals surface area (Å²) in [5, 5.41) is 7.12. The highest BCUT2D eigenvalue weighted by atomic mass is 35.5. The van der Waals surface area contributed by atoms with Crippen molar-refractivity contribution in [2.45, 2.75) is 102 Å². The largest absolute Gasteiger partial charge is 0.325 e. The molecule has 1 aliphatic carbocycles. The van der Waals surface area contributed by atoms with E-state index in [1.165, 1.54) is 38.2 Å². The molecule has 1 amide bonds. The number of nitrogens with one attached hydrogen (secondary N) is 2. The fourth-order valence-corrected chi connectivity index (χ4v) is 7.75. The van der Waals surface area contributed by atoms with Crippen molar-refractivity contribution in [2.75, 3.05) is 5.32 Å². The van der Waals surface area contributed by atoms with Gasteiger partial charge >= 0.3 is 0 Å². The molecule has 39 heavy (non-hydrogen) atoms. The van der Waals surface area contributed by atoms with Gasteiger partial charge < -0.3 is 10.6 Å². The summed E-state index contributed by atoms with van der Waals surface area (Å²) in [7, 11) is 0. The first-order chi connectivity index (χ1) is 18.5.